The number of nitrogens with one attached hydrogen (secondary N) is 2. The monoisotopic (exact) mass is 326 g/mol. The number of benzene rings is 2. The van der Waals surface area contributed by atoms with Gasteiger partial charge in [0.1, 0.15) is 0 Å². The first kappa shape index (κ1) is 16.9. The third-order valence-electron chi connectivity index (χ3n) is 3.33. The number of rotatable bonds is 5. The Kier molecular flexibility index (Phi) is 6.46. The predicted octanol–water partition coefficient (Wildman–Crippen LogP) is 3.12. The highest BCUT2D eigenvalue weighted by Crippen LogP contribution is 2.10. The molecule has 2 aromatic carbocycles. The van der Waals surface area contributed by atoms with Crippen molar-refractivity contribution in [3.8, 4) is 6.07 Å². The van der Waals surface area contributed by atoms with Gasteiger partial charge < -0.3 is 10.6 Å². The van der Waals surface area contributed by atoms with Crippen molar-refractivity contribution in [1.29, 1.82) is 5.26 Å². The quantitative estimate of drug-likeness (QED) is 0.655. The Hall–Kier alpha value is -2.51. The molecule has 0 aliphatic rings. The molecule has 0 fully saturated rings. The van der Waals surface area contributed by atoms with Gasteiger partial charge in [-0.05, 0) is 41.8 Å². The van der Waals surface area contributed by atoms with Crippen molar-refractivity contribution >= 4 is 17.6 Å². The molecule has 2 rings (SSSR count). The molecule has 0 saturated heterocycles. The molecule has 0 unspecified atom stereocenters. The van der Waals surface area contributed by atoms with Crippen LogP contribution in [-0.2, 0) is 13.0 Å². The topological polar surface area (TPSA) is 60.2 Å². The summed E-state index contributed by atoms with van der Waals surface area (Å²) in [6.45, 7) is 1.38. The largest absolute Gasteiger partial charge is 0.356 e. The van der Waals surface area contributed by atoms with E-state index in [1.54, 1.807) is 13.1 Å². The summed E-state index contributed by atoms with van der Waals surface area (Å²) < 4.78 is 0. The second-order valence-corrected chi connectivity index (χ2v) is 5.48. The minimum atomic E-state index is 0.617. The van der Waals surface area contributed by atoms with E-state index in [0.717, 1.165) is 29.5 Å². The Morgan fingerprint density at radius 2 is 1.91 bits per heavy atom. The Balaban J connectivity index is 1.80. The summed E-state index contributed by atoms with van der Waals surface area (Å²) >= 11 is 5.98. The van der Waals surface area contributed by atoms with Gasteiger partial charge in [0.15, 0.2) is 5.96 Å². The lowest BCUT2D eigenvalue weighted by Gasteiger charge is -2.12. The lowest BCUT2D eigenvalue weighted by Crippen LogP contribution is -2.37. The summed E-state index contributed by atoms with van der Waals surface area (Å²) in [6, 6.07) is 17.5. The standard InChI is InChI=1S/C18H19ClN4/c1-21-18(22-9-8-14-4-3-7-17(19)11-14)23-13-16-6-2-5-15(10-16)12-20/h2-7,10-11H,8-9,13H2,1H3,(H2,21,22,23). The van der Waals surface area contributed by atoms with Crippen LogP contribution < -0.4 is 10.6 Å². The fourth-order valence-electron chi connectivity index (χ4n) is 2.17. The molecular weight excluding hydrogens is 308 g/mol. The van der Waals surface area contributed by atoms with Crippen LogP contribution in [0.1, 0.15) is 16.7 Å². The number of nitriles is 1. The third-order valence-corrected chi connectivity index (χ3v) is 3.57. The molecule has 0 aliphatic heterocycles. The van der Waals surface area contributed by atoms with Crippen molar-refractivity contribution in [1.82, 2.24) is 10.6 Å². The van der Waals surface area contributed by atoms with Crippen LogP contribution in [0.25, 0.3) is 0 Å². The molecule has 4 nitrogen and oxygen atoms in total. The Labute approximate surface area is 141 Å². The average molecular weight is 327 g/mol. The lowest BCUT2D eigenvalue weighted by atomic mass is 10.1. The molecule has 118 valence electrons. The zero-order valence-electron chi connectivity index (χ0n) is 13.0. The van der Waals surface area contributed by atoms with Crippen molar-refractivity contribution in [2.75, 3.05) is 13.6 Å². The molecule has 0 bridgehead atoms. The van der Waals surface area contributed by atoms with Gasteiger partial charge in [0, 0.05) is 25.2 Å². The zero-order valence-corrected chi connectivity index (χ0v) is 13.8. The maximum Gasteiger partial charge on any atom is 0.191 e. The highest BCUT2D eigenvalue weighted by molar-refractivity contribution is 6.30. The zero-order chi connectivity index (χ0) is 16.5. The summed E-state index contributed by atoms with van der Waals surface area (Å²) in [5, 5.41) is 16.2. The van der Waals surface area contributed by atoms with Gasteiger partial charge >= 0.3 is 0 Å². The first-order valence-corrected chi connectivity index (χ1v) is 7.77. The van der Waals surface area contributed by atoms with Crippen molar-refractivity contribution in [3.63, 3.8) is 0 Å². The minimum absolute atomic E-state index is 0.617. The maximum atomic E-state index is 8.91. The highest BCUT2D eigenvalue weighted by atomic mass is 35.5. The van der Waals surface area contributed by atoms with Crippen LogP contribution >= 0.6 is 11.6 Å². The van der Waals surface area contributed by atoms with Crippen LogP contribution in [0.5, 0.6) is 0 Å². The molecule has 0 saturated carbocycles. The summed E-state index contributed by atoms with van der Waals surface area (Å²) in [4.78, 5) is 4.20. The SMILES string of the molecule is CN=C(NCCc1cccc(Cl)c1)NCc1cccc(C#N)c1. The summed E-state index contributed by atoms with van der Waals surface area (Å²) in [5.74, 6) is 0.731. The van der Waals surface area contributed by atoms with Crippen LogP contribution in [-0.4, -0.2) is 19.6 Å². The maximum absolute atomic E-state index is 8.91. The Bertz CT molecular complexity index is 719. The van der Waals surface area contributed by atoms with E-state index < -0.39 is 0 Å². The fraction of sp³-hybridized carbons (Fsp3) is 0.222. The number of halogens is 1. The molecule has 0 spiro atoms. The van der Waals surface area contributed by atoms with Crippen LogP contribution in [0, 0.1) is 11.3 Å². The molecule has 0 atom stereocenters. The van der Waals surface area contributed by atoms with E-state index in [2.05, 4.69) is 27.8 Å². The normalized spacial score (nSPS) is 10.9. The van der Waals surface area contributed by atoms with E-state index >= 15 is 0 Å². The van der Waals surface area contributed by atoms with Crippen LogP contribution in [0.3, 0.4) is 0 Å². The first-order valence-electron chi connectivity index (χ1n) is 7.39. The molecule has 23 heavy (non-hydrogen) atoms. The highest BCUT2D eigenvalue weighted by Gasteiger charge is 2.00. The van der Waals surface area contributed by atoms with Gasteiger partial charge in [0.05, 0.1) is 11.6 Å². The van der Waals surface area contributed by atoms with Gasteiger partial charge in [-0.1, -0.05) is 35.9 Å². The van der Waals surface area contributed by atoms with Crippen molar-refractivity contribution in [2.24, 2.45) is 4.99 Å². The van der Waals surface area contributed by atoms with Crippen molar-refractivity contribution in [3.05, 3.63) is 70.2 Å². The fourth-order valence-corrected chi connectivity index (χ4v) is 2.39. The smallest absolute Gasteiger partial charge is 0.191 e. The second-order valence-electron chi connectivity index (χ2n) is 5.04. The predicted molar refractivity (Wildman–Crippen MR) is 94.5 cm³/mol. The molecule has 0 aromatic heterocycles. The molecule has 2 aromatic rings. The van der Waals surface area contributed by atoms with E-state index in [1.807, 2.05) is 36.4 Å². The Morgan fingerprint density at radius 3 is 2.65 bits per heavy atom. The molecule has 0 radical (unpaired) electrons. The number of hydrogen-bond donors (Lipinski definition) is 2. The van der Waals surface area contributed by atoms with E-state index in [9.17, 15) is 0 Å². The molecule has 5 heteroatoms. The molecule has 0 aliphatic carbocycles. The van der Waals surface area contributed by atoms with Gasteiger partial charge in [-0.3, -0.25) is 4.99 Å². The van der Waals surface area contributed by atoms with Gasteiger partial charge in [-0.15, -0.1) is 0 Å². The summed E-state index contributed by atoms with van der Waals surface area (Å²) in [6.07, 6.45) is 0.866. The van der Waals surface area contributed by atoms with E-state index in [0.29, 0.717) is 12.1 Å². The van der Waals surface area contributed by atoms with E-state index in [-0.39, 0.29) is 0 Å². The minimum Gasteiger partial charge on any atom is -0.356 e. The number of guanidine groups is 1. The van der Waals surface area contributed by atoms with Gasteiger partial charge in [-0.2, -0.15) is 5.26 Å². The van der Waals surface area contributed by atoms with Crippen LogP contribution in [0.2, 0.25) is 5.02 Å². The van der Waals surface area contributed by atoms with Gasteiger partial charge in [0.2, 0.25) is 0 Å². The lowest BCUT2D eigenvalue weighted by molar-refractivity contribution is 0.794. The van der Waals surface area contributed by atoms with Crippen LogP contribution in [0.4, 0.5) is 0 Å². The molecule has 0 amide bonds. The first-order chi connectivity index (χ1) is 11.2. The number of aliphatic imine (C=N–C) groups is 1. The van der Waals surface area contributed by atoms with Gasteiger partial charge in [-0.25, -0.2) is 0 Å². The number of nitrogens with zero attached hydrogens (tertiary/aromatic N) is 2. The molecule has 2 N–H and O–H groups in total. The Morgan fingerprint density at radius 1 is 1.13 bits per heavy atom. The summed E-state index contributed by atoms with van der Waals surface area (Å²) in [7, 11) is 1.74. The second kappa shape index (κ2) is 8.82. The molecular formula is C18H19ClN4. The number of hydrogen-bond acceptors (Lipinski definition) is 2. The van der Waals surface area contributed by atoms with Crippen molar-refractivity contribution in [2.45, 2.75) is 13.0 Å². The van der Waals surface area contributed by atoms with Gasteiger partial charge in [0.25, 0.3) is 0 Å². The average Bonchev–Trinajstić information content (AvgIpc) is 2.58. The van der Waals surface area contributed by atoms with E-state index in [1.165, 1.54) is 5.56 Å². The van der Waals surface area contributed by atoms with E-state index in [4.69, 9.17) is 16.9 Å². The summed E-state index contributed by atoms with van der Waals surface area (Å²) in [5.41, 5.74) is 2.89. The third kappa shape index (κ3) is 5.65. The van der Waals surface area contributed by atoms with Crippen LogP contribution in [0.15, 0.2) is 53.5 Å². The van der Waals surface area contributed by atoms with Crippen molar-refractivity contribution < 1.29 is 0 Å². The molecule has 0 heterocycles.